The maximum absolute atomic E-state index is 13.6. The molecule has 0 saturated heterocycles. The second-order valence-corrected chi connectivity index (χ2v) is 11.5. The number of hydrogen-bond donors (Lipinski definition) is 0. The maximum atomic E-state index is 13.6. The molecule has 1 aliphatic rings. The number of alkyl halides is 2. The summed E-state index contributed by atoms with van der Waals surface area (Å²) in [6.07, 6.45) is 0. The lowest BCUT2D eigenvalue weighted by Crippen LogP contribution is -2.23. The fourth-order valence-corrected chi connectivity index (χ4v) is 5.45. The van der Waals surface area contributed by atoms with Crippen molar-refractivity contribution in [1.82, 2.24) is 0 Å². The molecule has 0 spiro atoms. The summed E-state index contributed by atoms with van der Waals surface area (Å²) < 4.78 is 32.7. The molecule has 0 amide bonds. The van der Waals surface area contributed by atoms with Gasteiger partial charge in [-0.1, -0.05) is 50.0 Å². The van der Waals surface area contributed by atoms with Crippen molar-refractivity contribution in [3.05, 3.63) is 35.9 Å². The molecule has 2 rings (SSSR count). The van der Waals surface area contributed by atoms with E-state index in [0.29, 0.717) is 6.61 Å². The Kier molecular flexibility index (Phi) is 3.60. The van der Waals surface area contributed by atoms with Crippen molar-refractivity contribution in [2.45, 2.75) is 37.7 Å². The van der Waals surface area contributed by atoms with Gasteiger partial charge in [0.05, 0.1) is 27.2 Å². The van der Waals surface area contributed by atoms with Crippen LogP contribution in [0.5, 0.6) is 0 Å². The van der Waals surface area contributed by atoms with Crippen LogP contribution < -0.4 is 0 Å². The minimum Gasteiger partial charge on any atom is -0.376 e. The molecule has 1 saturated carbocycles. The predicted molar refractivity (Wildman–Crippen MR) is 71.6 cm³/mol. The van der Waals surface area contributed by atoms with Gasteiger partial charge in [-0.25, -0.2) is 8.78 Å². The van der Waals surface area contributed by atoms with Crippen LogP contribution in [0.15, 0.2) is 30.3 Å². The molecule has 0 unspecified atom stereocenters. The van der Waals surface area contributed by atoms with E-state index in [0.717, 1.165) is 5.56 Å². The van der Waals surface area contributed by atoms with Crippen molar-refractivity contribution in [2.75, 3.05) is 6.61 Å². The van der Waals surface area contributed by atoms with Crippen molar-refractivity contribution in [1.29, 1.82) is 0 Å². The monoisotopic (exact) mass is 270 g/mol. The van der Waals surface area contributed by atoms with Crippen LogP contribution in [-0.2, 0) is 11.3 Å². The number of benzene rings is 1. The lowest BCUT2D eigenvalue weighted by molar-refractivity contribution is 0.0490. The Labute approximate surface area is 108 Å². The summed E-state index contributed by atoms with van der Waals surface area (Å²) in [7, 11) is -1.78. The second kappa shape index (κ2) is 4.74. The predicted octanol–water partition coefficient (Wildman–Crippen LogP) is 4.18. The molecular weight excluding hydrogens is 250 g/mol. The zero-order valence-electron chi connectivity index (χ0n) is 11.1. The Morgan fingerprint density at radius 2 is 1.78 bits per heavy atom. The zero-order valence-corrected chi connectivity index (χ0v) is 12.1. The van der Waals surface area contributed by atoms with Crippen LogP contribution in [-0.4, -0.2) is 20.6 Å². The fourth-order valence-electron chi connectivity index (χ4n) is 2.66. The molecule has 100 valence electrons. The number of rotatable bonds is 5. The Morgan fingerprint density at radius 1 is 1.17 bits per heavy atom. The summed E-state index contributed by atoms with van der Waals surface area (Å²) in [6, 6.07) is 9.67. The Morgan fingerprint density at radius 3 is 2.28 bits per heavy atom. The van der Waals surface area contributed by atoms with E-state index in [9.17, 15) is 8.78 Å². The Hall–Kier alpha value is -0.743. The van der Waals surface area contributed by atoms with Gasteiger partial charge in [0.25, 0.3) is 5.92 Å². The van der Waals surface area contributed by atoms with E-state index < -0.39 is 25.5 Å². The fraction of sp³-hybridized carbons (Fsp3) is 0.571. The standard InChI is InChI=1S/C14H20F2OSi/c1-18(2,3)13-12(14(13,15)16)10-17-9-11-7-5-4-6-8-11/h4-8,12-13H,9-10H2,1-3H3/t12-,13+/m0/s1. The van der Waals surface area contributed by atoms with E-state index in [1.165, 1.54) is 0 Å². The second-order valence-electron chi connectivity index (χ2n) is 6.13. The first kappa shape index (κ1) is 13.7. The first-order valence-corrected chi connectivity index (χ1v) is 9.90. The molecule has 1 aromatic carbocycles. The van der Waals surface area contributed by atoms with Crippen LogP contribution in [0, 0.1) is 5.92 Å². The molecule has 1 aliphatic carbocycles. The van der Waals surface area contributed by atoms with Crippen LogP contribution in [0.1, 0.15) is 5.56 Å². The van der Waals surface area contributed by atoms with Crippen LogP contribution in [0.25, 0.3) is 0 Å². The summed E-state index contributed by atoms with van der Waals surface area (Å²) in [6.45, 7) is 6.61. The highest BCUT2D eigenvalue weighted by molar-refractivity contribution is 6.78. The van der Waals surface area contributed by atoms with Gasteiger partial charge in [-0.3, -0.25) is 0 Å². The molecule has 1 fully saturated rings. The molecule has 18 heavy (non-hydrogen) atoms. The first-order chi connectivity index (χ1) is 8.33. The van der Waals surface area contributed by atoms with Crippen molar-refractivity contribution < 1.29 is 13.5 Å². The first-order valence-electron chi connectivity index (χ1n) is 6.33. The lowest BCUT2D eigenvalue weighted by atomic mass is 10.2. The van der Waals surface area contributed by atoms with Gasteiger partial charge in [0.15, 0.2) is 0 Å². The van der Waals surface area contributed by atoms with E-state index in [1.54, 1.807) is 0 Å². The highest BCUT2D eigenvalue weighted by Crippen LogP contribution is 2.64. The summed E-state index contributed by atoms with van der Waals surface area (Å²) >= 11 is 0. The summed E-state index contributed by atoms with van der Waals surface area (Å²) in [5.74, 6) is -3.06. The number of hydrogen-bond acceptors (Lipinski definition) is 1. The normalized spacial score (nSPS) is 26.1. The number of halogens is 2. The van der Waals surface area contributed by atoms with Crippen LogP contribution in [0.3, 0.4) is 0 Å². The Balaban J connectivity index is 1.82. The molecule has 0 bridgehead atoms. The van der Waals surface area contributed by atoms with Gasteiger partial charge in [0.1, 0.15) is 0 Å². The molecule has 4 heteroatoms. The lowest BCUT2D eigenvalue weighted by Gasteiger charge is -2.14. The van der Waals surface area contributed by atoms with E-state index in [-0.39, 0.29) is 6.61 Å². The summed E-state index contributed by atoms with van der Waals surface area (Å²) in [4.78, 5) is 0. The average molecular weight is 270 g/mol. The summed E-state index contributed by atoms with van der Waals surface area (Å²) in [5, 5.41) is 0. The van der Waals surface area contributed by atoms with E-state index in [2.05, 4.69) is 0 Å². The molecule has 0 radical (unpaired) electrons. The summed E-state index contributed by atoms with van der Waals surface area (Å²) in [5.41, 5.74) is 0.617. The van der Waals surface area contributed by atoms with E-state index >= 15 is 0 Å². The van der Waals surface area contributed by atoms with Gasteiger partial charge in [0, 0.05) is 5.54 Å². The molecular formula is C14H20F2OSi. The highest BCUT2D eigenvalue weighted by atomic mass is 28.3. The molecule has 0 aliphatic heterocycles. The van der Waals surface area contributed by atoms with Gasteiger partial charge < -0.3 is 4.74 Å². The molecule has 0 aromatic heterocycles. The minimum absolute atomic E-state index is 0.177. The van der Waals surface area contributed by atoms with E-state index in [4.69, 9.17) is 4.74 Å². The smallest absolute Gasteiger partial charge is 0.254 e. The molecule has 1 nitrogen and oxygen atoms in total. The highest BCUT2D eigenvalue weighted by Gasteiger charge is 2.71. The maximum Gasteiger partial charge on any atom is 0.254 e. The van der Waals surface area contributed by atoms with Gasteiger partial charge in [-0.05, 0) is 5.56 Å². The van der Waals surface area contributed by atoms with Gasteiger partial charge >= 0.3 is 0 Å². The molecule has 2 atom stereocenters. The third-order valence-corrected chi connectivity index (χ3v) is 6.20. The van der Waals surface area contributed by atoms with Crippen molar-refractivity contribution >= 4 is 8.07 Å². The van der Waals surface area contributed by atoms with Gasteiger partial charge in [0.2, 0.25) is 0 Å². The zero-order chi connectivity index (χ0) is 13.4. The third-order valence-electron chi connectivity index (χ3n) is 3.54. The SMILES string of the molecule is C[Si](C)(C)[C@@H]1[C@H](COCc2ccccc2)C1(F)F. The van der Waals surface area contributed by atoms with Crippen LogP contribution in [0.4, 0.5) is 8.78 Å². The quantitative estimate of drug-likeness (QED) is 0.729. The van der Waals surface area contributed by atoms with Gasteiger partial charge in [-0.2, -0.15) is 0 Å². The van der Waals surface area contributed by atoms with E-state index in [1.807, 2.05) is 50.0 Å². The van der Waals surface area contributed by atoms with Crippen molar-refractivity contribution in [3.8, 4) is 0 Å². The Bertz CT molecular complexity index is 400. The van der Waals surface area contributed by atoms with Crippen molar-refractivity contribution in [3.63, 3.8) is 0 Å². The largest absolute Gasteiger partial charge is 0.376 e. The third kappa shape index (κ3) is 2.80. The molecule has 1 aromatic rings. The van der Waals surface area contributed by atoms with Gasteiger partial charge in [-0.15, -0.1) is 0 Å². The molecule has 0 N–H and O–H groups in total. The number of ether oxygens (including phenoxy) is 1. The van der Waals surface area contributed by atoms with Crippen LogP contribution >= 0.6 is 0 Å². The molecule has 0 heterocycles. The topological polar surface area (TPSA) is 9.23 Å². The van der Waals surface area contributed by atoms with Crippen molar-refractivity contribution in [2.24, 2.45) is 5.92 Å². The van der Waals surface area contributed by atoms with Crippen LogP contribution in [0.2, 0.25) is 25.2 Å². The minimum atomic E-state index is -2.50. The average Bonchev–Trinajstić information content (AvgIpc) is 2.82.